The maximum absolute atomic E-state index is 12.4. The molecule has 4 aromatic rings. The van der Waals surface area contributed by atoms with Crippen molar-refractivity contribution in [3.05, 3.63) is 83.4 Å². The summed E-state index contributed by atoms with van der Waals surface area (Å²) in [5.41, 5.74) is 5.83. The van der Waals surface area contributed by atoms with Crippen molar-refractivity contribution < 1.29 is 9.21 Å². The normalized spacial score (nSPS) is 10.7. The number of nitrogens with one attached hydrogen (secondary N) is 2. The third-order valence-corrected chi connectivity index (χ3v) is 4.60. The summed E-state index contributed by atoms with van der Waals surface area (Å²) in [6.45, 7) is 3.91. The summed E-state index contributed by atoms with van der Waals surface area (Å²) >= 11 is 5.27. The van der Waals surface area contributed by atoms with Gasteiger partial charge in [-0.3, -0.25) is 10.1 Å². The van der Waals surface area contributed by atoms with Gasteiger partial charge in [0, 0.05) is 16.8 Å². The Morgan fingerprint density at radius 3 is 2.34 bits per heavy atom. The molecule has 0 saturated heterocycles. The van der Waals surface area contributed by atoms with Crippen molar-refractivity contribution in [2.45, 2.75) is 13.8 Å². The molecule has 3 aromatic carbocycles. The van der Waals surface area contributed by atoms with Gasteiger partial charge in [0.15, 0.2) is 10.7 Å². The second-order valence-electron chi connectivity index (χ2n) is 6.85. The number of hydrogen-bond donors (Lipinski definition) is 2. The van der Waals surface area contributed by atoms with Gasteiger partial charge in [0.2, 0.25) is 5.89 Å². The van der Waals surface area contributed by atoms with Gasteiger partial charge in [-0.25, -0.2) is 4.98 Å². The lowest BCUT2D eigenvalue weighted by atomic mass is 10.1. The molecule has 0 fully saturated rings. The van der Waals surface area contributed by atoms with Gasteiger partial charge in [0.25, 0.3) is 5.91 Å². The van der Waals surface area contributed by atoms with Crippen LogP contribution in [-0.4, -0.2) is 16.0 Å². The van der Waals surface area contributed by atoms with Crippen LogP contribution in [0.1, 0.15) is 21.5 Å². The second kappa shape index (κ2) is 7.85. The Balaban J connectivity index is 1.42. The summed E-state index contributed by atoms with van der Waals surface area (Å²) in [7, 11) is 0. The van der Waals surface area contributed by atoms with Gasteiger partial charge in [-0.2, -0.15) is 0 Å². The van der Waals surface area contributed by atoms with E-state index in [-0.39, 0.29) is 11.0 Å². The molecule has 6 heteroatoms. The number of para-hydroxylation sites is 2. The molecule has 1 heterocycles. The van der Waals surface area contributed by atoms with Crippen LogP contribution in [0.3, 0.4) is 0 Å². The SMILES string of the molecule is Cc1cc(C)cc(C(=O)NC(=S)Nc2ccc(-c3nc4ccccc4o3)cc2)c1. The Bertz CT molecular complexity index is 1160. The topological polar surface area (TPSA) is 67.2 Å². The zero-order chi connectivity index (χ0) is 20.4. The first-order chi connectivity index (χ1) is 14.0. The van der Waals surface area contributed by atoms with E-state index in [0.717, 1.165) is 33.5 Å². The van der Waals surface area contributed by atoms with Crippen LogP contribution in [0.4, 0.5) is 5.69 Å². The minimum atomic E-state index is -0.239. The molecule has 0 bridgehead atoms. The molecule has 0 aliphatic rings. The van der Waals surface area contributed by atoms with E-state index in [2.05, 4.69) is 15.6 Å². The highest BCUT2D eigenvalue weighted by atomic mass is 32.1. The van der Waals surface area contributed by atoms with Crippen LogP contribution in [0, 0.1) is 13.8 Å². The van der Waals surface area contributed by atoms with E-state index in [4.69, 9.17) is 16.6 Å². The number of amides is 1. The van der Waals surface area contributed by atoms with E-state index < -0.39 is 0 Å². The molecule has 0 aliphatic carbocycles. The molecule has 0 atom stereocenters. The predicted octanol–water partition coefficient (Wildman–Crippen LogP) is 5.24. The maximum Gasteiger partial charge on any atom is 0.257 e. The number of fused-ring (bicyclic) bond motifs is 1. The van der Waals surface area contributed by atoms with Crippen LogP contribution in [0.5, 0.6) is 0 Å². The number of carbonyl (C=O) groups excluding carboxylic acids is 1. The molecule has 0 unspecified atom stereocenters. The zero-order valence-corrected chi connectivity index (χ0v) is 16.8. The number of nitrogens with zero attached hydrogens (tertiary/aromatic N) is 1. The Hall–Kier alpha value is -3.51. The number of benzene rings is 3. The summed E-state index contributed by atoms with van der Waals surface area (Å²) in [4.78, 5) is 16.9. The van der Waals surface area contributed by atoms with Crippen LogP contribution < -0.4 is 10.6 Å². The molecule has 0 aliphatic heterocycles. The molecule has 1 aromatic heterocycles. The molecule has 4 rings (SSSR count). The highest BCUT2D eigenvalue weighted by molar-refractivity contribution is 7.80. The van der Waals surface area contributed by atoms with Gasteiger partial charge in [-0.15, -0.1) is 0 Å². The Kier molecular flexibility index (Phi) is 5.10. The lowest BCUT2D eigenvalue weighted by Crippen LogP contribution is -2.34. The van der Waals surface area contributed by atoms with Gasteiger partial charge in [-0.1, -0.05) is 29.3 Å². The maximum atomic E-state index is 12.4. The quantitative estimate of drug-likeness (QED) is 0.460. The van der Waals surface area contributed by atoms with Crippen molar-refractivity contribution in [2.24, 2.45) is 0 Å². The van der Waals surface area contributed by atoms with Gasteiger partial charge in [0.05, 0.1) is 0 Å². The Morgan fingerprint density at radius 1 is 0.966 bits per heavy atom. The molecular formula is C23H19N3O2S. The molecule has 29 heavy (non-hydrogen) atoms. The van der Waals surface area contributed by atoms with E-state index in [1.165, 1.54) is 0 Å². The van der Waals surface area contributed by atoms with Crippen molar-refractivity contribution in [3.63, 3.8) is 0 Å². The molecule has 0 spiro atoms. The number of aryl methyl sites for hydroxylation is 2. The molecule has 0 radical (unpaired) electrons. The number of aromatic nitrogens is 1. The molecule has 1 amide bonds. The average molecular weight is 401 g/mol. The number of anilines is 1. The highest BCUT2D eigenvalue weighted by Crippen LogP contribution is 2.25. The largest absolute Gasteiger partial charge is 0.436 e. The summed E-state index contributed by atoms with van der Waals surface area (Å²) in [5, 5.41) is 5.98. The second-order valence-corrected chi connectivity index (χ2v) is 7.26. The first-order valence-corrected chi connectivity index (χ1v) is 9.55. The summed E-state index contributed by atoms with van der Waals surface area (Å²) in [6, 6.07) is 20.8. The minimum absolute atomic E-state index is 0.239. The third kappa shape index (κ3) is 4.33. The predicted molar refractivity (Wildman–Crippen MR) is 119 cm³/mol. The molecule has 0 saturated carbocycles. The van der Waals surface area contributed by atoms with Gasteiger partial charge in [0.1, 0.15) is 5.52 Å². The van der Waals surface area contributed by atoms with Crippen LogP contribution in [0.15, 0.2) is 71.1 Å². The van der Waals surface area contributed by atoms with Gasteiger partial charge in [-0.05, 0) is 74.6 Å². The molecule has 144 valence electrons. The fourth-order valence-corrected chi connectivity index (χ4v) is 3.35. The lowest BCUT2D eigenvalue weighted by Gasteiger charge is -2.10. The highest BCUT2D eigenvalue weighted by Gasteiger charge is 2.10. The van der Waals surface area contributed by atoms with E-state index in [1.807, 2.05) is 80.6 Å². The van der Waals surface area contributed by atoms with Gasteiger partial charge >= 0.3 is 0 Å². The van der Waals surface area contributed by atoms with Crippen LogP contribution >= 0.6 is 12.2 Å². The van der Waals surface area contributed by atoms with Crippen LogP contribution in [-0.2, 0) is 0 Å². The first kappa shape index (κ1) is 18.8. The molecule has 2 N–H and O–H groups in total. The zero-order valence-electron chi connectivity index (χ0n) is 16.0. The minimum Gasteiger partial charge on any atom is -0.436 e. The fraction of sp³-hybridized carbons (Fsp3) is 0.0870. The van der Waals surface area contributed by atoms with Crippen LogP contribution in [0.2, 0.25) is 0 Å². The molecular weight excluding hydrogens is 382 g/mol. The number of thiocarbonyl (C=S) groups is 1. The van der Waals surface area contributed by atoms with Crippen molar-refractivity contribution >= 4 is 40.0 Å². The van der Waals surface area contributed by atoms with Crippen molar-refractivity contribution in [2.75, 3.05) is 5.32 Å². The van der Waals surface area contributed by atoms with E-state index in [1.54, 1.807) is 0 Å². The van der Waals surface area contributed by atoms with Gasteiger partial charge < -0.3 is 9.73 Å². The summed E-state index contributed by atoms with van der Waals surface area (Å²) in [6.07, 6.45) is 0. The van der Waals surface area contributed by atoms with E-state index in [0.29, 0.717) is 11.5 Å². The third-order valence-electron chi connectivity index (χ3n) is 4.39. The van der Waals surface area contributed by atoms with Crippen molar-refractivity contribution in [1.29, 1.82) is 0 Å². The number of oxazole rings is 1. The lowest BCUT2D eigenvalue weighted by molar-refractivity contribution is 0.0977. The number of carbonyl (C=O) groups is 1. The monoisotopic (exact) mass is 401 g/mol. The van der Waals surface area contributed by atoms with E-state index >= 15 is 0 Å². The number of rotatable bonds is 3. The summed E-state index contributed by atoms with van der Waals surface area (Å²) in [5.74, 6) is 0.320. The van der Waals surface area contributed by atoms with Crippen molar-refractivity contribution in [3.8, 4) is 11.5 Å². The standard InChI is InChI=1S/C23H19N3O2S/c1-14-11-15(2)13-17(12-14)21(27)26-23(29)24-18-9-7-16(8-10-18)22-25-19-5-3-4-6-20(19)28-22/h3-13H,1-2H3,(H2,24,26,27,29). The van der Waals surface area contributed by atoms with Crippen LogP contribution in [0.25, 0.3) is 22.6 Å². The first-order valence-electron chi connectivity index (χ1n) is 9.14. The Morgan fingerprint density at radius 2 is 1.66 bits per heavy atom. The summed E-state index contributed by atoms with van der Waals surface area (Å²) < 4.78 is 5.78. The average Bonchev–Trinajstić information content (AvgIpc) is 3.12. The fourth-order valence-electron chi connectivity index (χ4n) is 3.14. The van der Waals surface area contributed by atoms with Crippen molar-refractivity contribution in [1.82, 2.24) is 10.3 Å². The number of hydrogen-bond acceptors (Lipinski definition) is 4. The van der Waals surface area contributed by atoms with E-state index in [9.17, 15) is 4.79 Å². The smallest absolute Gasteiger partial charge is 0.257 e. The Labute approximate surface area is 173 Å². The molecule has 5 nitrogen and oxygen atoms in total.